The van der Waals surface area contributed by atoms with E-state index >= 15 is 0 Å². The summed E-state index contributed by atoms with van der Waals surface area (Å²) < 4.78 is 0. The number of aryl methyl sites for hydroxylation is 1. The van der Waals surface area contributed by atoms with Crippen molar-refractivity contribution in [3.05, 3.63) is 69.5 Å². The number of hydrogen-bond acceptors (Lipinski definition) is 4. The molecule has 0 bridgehead atoms. The molecule has 1 saturated heterocycles. The SMILES string of the molecule is Cc1nc(-c2ccc(CCNC(=O)C3CC(=O)N(c4ccc(Cl)cc4)C3)cc2)cs1. The monoisotopic (exact) mass is 439 g/mol. The Hall–Kier alpha value is -2.70. The molecule has 154 valence electrons. The lowest BCUT2D eigenvalue weighted by Crippen LogP contribution is -2.34. The van der Waals surface area contributed by atoms with Crippen LogP contribution >= 0.6 is 22.9 Å². The van der Waals surface area contributed by atoms with Gasteiger partial charge in [0.1, 0.15) is 0 Å². The Morgan fingerprint density at radius 1 is 1.20 bits per heavy atom. The van der Waals surface area contributed by atoms with Gasteiger partial charge in [0.2, 0.25) is 11.8 Å². The van der Waals surface area contributed by atoms with Crippen LogP contribution in [0.3, 0.4) is 0 Å². The molecule has 1 unspecified atom stereocenters. The van der Waals surface area contributed by atoms with E-state index in [1.165, 1.54) is 0 Å². The fraction of sp³-hybridized carbons (Fsp3) is 0.261. The molecule has 1 fully saturated rings. The first-order chi connectivity index (χ1) is 14.5. The summed E-state index contributed by atoms with van der Waals surface area (Å²) >= 11 is 7.55. The van der Waals surface area contributed by atoms with Gasteiger partial charge in [-0.25, -0.2) is 4.98 Å². The van der Waals surface area contributed by atoms with Crippen molar-refractivity contribution in [1.29, 1.82) is 0 Å². The third-order valence-corrected chi connectivity index (χ3v) is 6.24. The molecule has 2 heterocycles. The first kappa shape index (κ1) is 20.6. The number of nitrogens with zero attached hydrogens (tertiary/aromatic N) is 2. The number of carbonyl (C=O) groups excluding carboxylic acids is 2. The van der Waals surface area contributed by atoms with Crippen LogP contribution < -0.4 is 10.2 Å². The number of amides is 2. The van der Waals surface area contributed by atoms with Gasteiger partial charge in [-0.3, -0.25) is 9.59 Å². The van der Waals surface area contributed by atoms with Crippen molar-refractivity contribution in [3.8, 4) is 11.3 Å². The van der Waals surface area contributed by atoms with E-state index < -0.39 is 0 Å². The Balaban J connectivity index is 1.28. The molecule has 1 N–H and O–H groups in total. The van der Waals surface area contributed by atoms with Crippen LogP contribution in [0, 0.1) is 12.8 Å². The standard InChI is InChI=1S/C23H22ClN3O2S/c1-15-26-21(14-30-15)17-4-2-16(3-5-17)10-11-25-23(29)18-12-22(28)27(13-18)20-8-6-19(24)7-9-20/h2-9,14,18H,10-13H2,1H3,(H,25,29). The molecular weight excluding hydrogens is 418 g/mol. The first-order valence-corrected chi connectivity index (χ1v) is 11.1. The summed E-state index contributed by atoms with van der Waals surface area (Å²) in [5.41, 5.74) is 4.01. The Kier molecular flexibility index (Phi) is 6.16. The molecule has 0 aliphatic carbocycles. The number of nitrogens with one attached hydrogen (secondary N) is 1. The molecule has 2 amide bonds. The number of hydrogen-bond donors (Lipinski definition) is 1. The molecule has 1 aromatic heterocycles. The van der Waals surface area contributed by atoms with Crippen LogP contribution in [0.2, 0.25) is 5.02 Å². The van der Waals surface area contributed by atoms with Crippen molar-refractivity contribution in [1.82, 2.24) is 10.3 Å². The zero-order valence-electron chi connectivity index (χ0n) is 16.6. The highest BCUT2D eigenvalue weighted by Gasteiger charge is 2.34. The van der Waals surface area contributed by atoms with Crippen LogP contribution in [0.5, 0.6) is 0 Å². The third kappa shape index (κ3) is 4.71. The topological polar surface area (TPSA) is 62.3 Å². The van der Waals surface area contributed by atoms with Crippen LogP contribution in [0.1, 0.15) is 17.0 Å². The molecule has 1 aliphatic heterocycles. The minimum Gasteiger partial charge on any atom is -0.355 e. The molecule has 1 aliphatic rings. The lowest BCUT2D eigenvalue weighted by atomic mass is 10.1. The lowest BCUT2D eigenvalue weighted by molar-refractivity contribution is -0.126. The quantitative estimate of drug-likeness (QED) is 0.615. The molecule has 4 rings (SSSR count). The van der Waals surface area contributed by atoms with Crippen molar-refractivity contribution < 1.29 is 9.59 Å². The summed E-state index contributed by atoms with van der Waals surface area (Å²) in [5, 5.41) is 6.70. The predicted octanol–water partition coefficient (Wildman–Crippen LogP) is 4.48. The van der Waals surface area contributed by atoms with E-state index in [4.69, 9.17) is 11.6 Å². The Labute approximate surface area is 184 Å². The molecular formula is C23H22ClN3O2S. The Morgan fingerprint density at radius 2 is 1.93 bits per heavy atom. The molecule has 7 heteroatoms. The van der Waals surface area contributed by atoms with Gasteiger partial charge in [-0.15, -0.1) is 11.3 Å². The van der Waals surface area contributed by atoms with Gasteiger partial charge in [0.15, 0.2) is 0 Å². The number of thiazole rings is 1. The number of benzene rings is 2. The fourth-order valence-electron chi connectivity index (χ4n) is 3.57. The zero-order chi connectivity index (χ0) is 21.1. The predicted molar refractivity (Wildman–Crippen MR) is 121 cm³/mol. The second kappa shape index (κ2) is 8.98. The summed E-state index contributed by atoms with van der Waals surface area (Å²) in [6.45, 7) is 2.94. The van der Waals surface area contributed by atoms with Crippen molar-refractivity contribution >= 4 is 40.4 Å². The zero-order valence-corrected chi connectivity index (χ0v) is 18.2. The summed E-state index contributed by atoms with van der Waals surface area (Å²) in [6, 6.07) is 15.4. The van der Waals surface area contributed by atoms with Crippen molar-refractivity contribution in [2.45, 2.75) is 19.8 Å². The fourth-order valence-corrected chi connectivity index (χ4v) is 4.31. The van der Waals surface area contributed by atoms with E-state index in [-0.39, 0.29) is 24.2 Å². The average molecular weight is 440 g/mol. The van der Waals surface area contributed by atoms with E-state index in [1.54, 1.807) is 40.5 Å². The molecule has 30 heavy (non-hydrogen) atoms. The Morgan fingerprint density at radius 3 is 2.60 bits per heavy atom. The maximum Gasteiger partial charge on any atom is 0.227 e. The highest BCUT2D eigenvalue weighted by molar-refractivity contribution is 7.09. The minimum atomic E-state index is -0.330. The Bertz CT molecular complexity index is 1050. The molecule has 3 aromatic rings. The van der Waals surface area contributed by atoms with Crippen molar-refractivity contribution in [3.63, 3.8) is 0 Å². The smallest absolute Gasteiger partial charge is 0.227 e. The molecule has 0 spiro atoms. The maximum absolute atomic E-state index is 12.5. The molecule has 1 atom stereocenters. The average Bonchev–Trinajstić information content (AvgIpc) is 3.35. The second-order valence-corrected chi connectivity index (χ2v) is 8.87. The van der Waals surface area contributed by atoms with Gasteiger partial charge in [-0.1, -0.05) is 35.9 Å². The molecule has 5 nitrogen and oxygen atoms in total. The molecule has 2 aromatic carbocycles. The van der Waals surface area contributed by atoms with Crippen LogP contribution in [0.4, 0.5) is 5.69 Å². The van der Waals surface area contributed by atoms with Gasteiger partial charge < -0.3 is 10.2 Å². The molecule has 0 radical (unpaired) electrons. The third-order valence-electron chi connectivity index (χ3n) is 5.22. The van der Waals surface area contributed by atoms with Gasteiger partial charge >= 0.3 is 0 Å². The van der Waals surface area contributed by atoms with Gasteiger partial charge in [0.25, 0.3) is 0 Å². The van der Waals surface area contributed by atoms with Gasteiger partial charge in [0.05, 0.1) is 16.6 Å². The second-order valence-electron chi connectivity index (χ2n) is 7.37. The maximum atomic E-state index is 12.5. The highest BCUT2D eigenvalue weighted by Crippen LogP contribution is 2.26. The summed E-state index contributed by atoms with van der Waals surface area (Å²) in [5.74, 6) is -0.442. The summed E-state index contributed by atoms with van der Waals surface area (Å²) in [7, 11) is 0. The largest absolute Gasteiger partial charge is 0.355 e. The van der Waals surface area contributed by atoms with Gasteiger partial charge in [-0.2, -0.15) is 0 Å². The summed E-state index contributed by atoms with van der Waals surface area (Å²) in [6.07, 6.45) is 0.972. The number of halogens is 1. The van der Waals surface area contributed by atoms with Crippen molar-refractivity contribution in [2.75, 3.05) is 18.0 Å². The van der Waals surface area contributed by atoms with E-state index in [9.17, 15) is 9.59 Å². The number of aromatic nitrogens is 1. The lowest BCUT2D eigenvalue weighted by Gasteiger charge is -2.16. The van der Waals surface area contributed by atoms with Crippen LogP contribution in [-0.2, 0) is 16.0 Å². The van der Waals surface area contributed by atoms with E-state index in [1.807, 2.05) is 6.92 Å². The normalized spacial score (nSPS) is 16.1. The first-order valence-electron chi connectivity index (χ1n) is 9.84. The van der Waals surface area contributed by atoms with Crippen molar-refractivity contribution in [2.24, 2.45) is 5.92 Å². The van der Waals surface area contributed by atoms with Gasteiger partial charge in [-0.05, 0) is 43.2 Å². The highest BCUT2D eigenvalue weighted by atomic mass is 35.5. The van der Waals surface area contributed by atoms with Gasteiger partial charge in [0, 0.05) is 41.2 Å². The number of carbonyl (C=O) groups is 2. The number of anilines is 1. The number of rotatable bonds is 6. The van der Waals surface area contributed by atoms with Crippen LogP contribution in [-0.4, -0.2) is 29.9 Å². The van der Waals surface area contributed by atoms with E-state index in [0.717, 1.165) is 33.9 Å². The van der Waals surface area contributed by atoms with Crippen LogP contribution in [0.15, 0.2) is 53.9 Å². The van der Waals surface area contributed by atoms with E-state index in [2.05, 4.69) is 39.9 Å². The molecule has 0 saturated carbocycles. The summed E-state index contributed by atoms with van der Waals surface area (Å²) in [4.78, 5) is 31.0. The van der Waals surface area contributed by atoms with E-state index in [0.29, 0.717) is 18.1 Å². The van der Waals surface area contributed by atoms with Crippen LogP contribution in [0.25, 0.3) is 11.3 Å². The minimum absolute atomic E-state index is 0.0367.